The van der Waals surface area contributed by atoms with Gasteiger partial charge in [0.2, 0.25) is 5.91 Å². The Morgan fingerprint density at radius 2 is 1.72 bits per heavy atom. The van der Waals surface area contributed by atoms with Crippen LogP contribution in [0.3, 0.4) is 0 Å². The number of carbonyl (C=O) groups excluding carboxylic acids is 3. The lowest BCUT2D eigenvalue weighted by Crippen LogP contribution is -2.30. The van der Waals surface area contributed by atoms with Crippen molar-refractivity contribution in [1.29, 1.82) is 0 Å². The van der Waals surface area contributed by atoms with E-state index in [0.29, 0.717) is 16.8 Å². The number of rotatable bonds is 6. The number of nitrogens with two attached hydrogens (primary N) is 1. The van der Waals surface area contributed by atoms with E-state index in [1.165, 1.54) is 30.8 Å². The molecule has 0 aliphatic heterocycles. The third kappa shape index (κ3) is 4.84. The van der Waals surface area contributed by atoms with Gasteiger partial charge in [-0.25, -0.2) is 4.79 Å². The number of esters is 1. The molecule has 0 heterocycles. The summed E-state index contributed by atoms with van der Waals surface area (Å²) < 4.78 is 5.24. The zero-order valence-electron chi connectivity index (χ0n) is 13.8. The molecule has 0 radical (unpaired) electrons. The number of thioether (sulfide) groups is 1. The standard InChI is InChI=1S/C18H18N2O4S/c1-11(24-18(23)14-5-3-4-6-15(14)25-2)17(22)20-13-9-7-12(8-10-13)16(19)21/h3-11H,1-2H3,(H2,19,21)(H,20,22)/t11-/m1/s1. The predicted molar refractivity (Wildman–Crippen MR) is 96.7 cm³/mol. The summed E-state index contributed by atoms with van der Waals surface area (Å²) in [5, 5.41) is 2.62. The average Bonchev–Trinajstić information content (AvgIpc) is 2.61. The molecule has 2 aromatic rings. The van der Waals surface area contributed by atoms with Gasteiger partial charge in [0, 0.05) is 16.1 Å². The monoisotopic (exact) mass is 358 g/mol. The van der Waals surface area contributed by atoms with Crippen LogP contribution in [-0.2, 0) is 9.53 Å². The lowest BCUT2D eigenvalue weighted by molar-refractivity contribution is -0.123. The van der Waals surface area contributed by atoms with Gasteiger partial charge in [-0.1, -0.05) is 12.1 Å². The van der Waals surface area contributed by atoms with Crippen LogP contribution in [-0.4, -0.2) is 30.1 Å². The second-order valence-electron chi connectivity index (χ2n) is 5.18. The molecule has 0 aliphatic rings. The summed E-state index contributed by atoms with van der Waals surface area (Å²) in [5.41, 5.74) is 6.39. The van der Waals surface area contributed by atoms with Crippen LogP contribution in [0.15, 0.2) is 53.4 Å². The number of primary amides is 1. The Balaban J connectivity index is 2.00. The molecular formula is C18H18N2O4S. The predicted octanol–water partition coefficient (Wildman–Crippen LogP) is 2.69. The lowest BCUT2D eigenvalue weighted by atomic mass is 10.2. The first kappa shape index (κ1) is 18.5. The Labute approximate surface area is 149 Å². The molecule has 0 aliphatic carbocycles. The largest absolute Gasteiger partial charge is 0.449 e. The summed E-state index contributed by atoms with van der Waals surface area (Å²) in [6, 6.07) is 13.1. The number of hydrogen-bond acceptors (Lipinski definition) is 5. The molecule has 6 nitrogen and oxygen atoms in total. The third-order valence-corrected chi connectivity index (χ3v) is 4.21. The van der Waals surface area contributed by atoms with Gasteiger partial charge in [0.1, 0.15) is 0 Å². The molecule has 7 heteroatoms. The zero-order valence-corrected chi connectivity index (χ0v) is 14.6. The third-order valence-electron chi connectivity index (χ3n) is 3.42. The van der Waals surface area contributed by atoms with Gasteiger partial charge in [0.15, 0.2) is 6.10 Å². The van der Waals surface area contributed by atoms with Gasteiger partial charge in [-0.3, -0.25) is 9.59 Å². The van der Waals surface area contributed by atoms with E-state index in [0.717, 1.165) is 4.90 Å². The minimum Gasteiger partial charge on any atom is -0.449 e. The van der Waals surface area contributed by atoms with Crippen molar-refractivity contribution >= 4 is 35.2 Å². The van der Waals surface area contributed by atoms with E-state index < -0.39 is 23.9 Å². The molecule has 2 aromatic carbocycles. The second-order valence-corrected chi connectivity index (χ2v) is 6.03. The van der Waals surface area contributed by atoms with Crippen LogP contribution in [0, 0.1) is 0 Å². The molecule has 2 rings (SSSR count). The molecule has 0 unspecified atom stereocenters. The molecule has 0 saturated heterocycles. The Morgan fingerprint density at radius 1 is 1.08 bits per heavy atom. The van der Waals surface area contributed by atoms with Gasteiger partial charge in [0.05, 0.1) is 5.56 Å². The average molecular weight is 358 g/mol. The van der Waals surface area contributed by atoms with Gasteiger partial charge in [-0.15, -0.1) is 11.8 Å². The summed E-state index contributed by atoms with van der Waals surface area (Å²) in [6.07, 6.45) is 0.885. The van der Waals surface area contributed by atoms with Crippen molar-refractivity contribution in [3.63, 3.8) is 0 Å². The van der Waals surface area contributed by atoms with Gasteiger partial charge < -0.3 is 15.8 Å². The minimum atomic E-state index is -0.974. The fourth-order valence-corrected chi connectivity index (χ4v) is 2.64. The van der Waals surface area contributed by atoms with Crippen LogP contribution < -0.4 is 11.1 Å². The minimum absolute atomic E-state index is 0.339. The van der Waals surface area contributed by atoms with Crippen LogP contribution in [0.5, 0.6) is 0 Å². The molecule has 0 bridgehead atoms. The molecule has 130 valence electrons. The van der Waals surface area contributed by atoms with E-state index in [2.05, 4.69) is 5.32 Å². The number of ether oxygens (including phenoxy) is 1. The Hall–Kier alpha value is -2.80. The fourth-order valence-electron chi connectivity index (χ4n) is 2.05. The highest BCUT2D eigenvalue weighted by atomic mass is 32.2. The van der Waals surface area contributed by atoms with E-state index in [1.807, 2.05) is 18.4 Å². The van der Waals surface area contributed by atoms with Crippen molar-refractivity contribution in [2.75, 3.05) is 11.6 Å². The van der Waals surface area contributed by atoms with E-state index in [-0.39, 0.29) is 0 Å². The van der Waals surface area contributed by atoms with Crippen LogP contribution in [0.1, 0.15) is 27.6 Å². The number of hydrogen-bond donors (Lipinski definition) is 2. The number of benzene rings is 2. The van der Waals surface area contributed by atoms with Crippen molar-refractivity contribution < 1.29 is 19.1 Å². The summed E-state index contributed by atoms with van der Waals surface area (Å²) in [5.74, 6) is -1.58. The summed E-state index contributed by atoms with van der Waals surface area (Å²) in [7, 11) is 0. The second kappa shape index (κ2) is 8.34. The number of carbonyl (C=O) groups is 3. The molecule has 0 fully saturated rings. The quantitative estimate of drug-likeness (QED) is 0.611. The van der Waals surface area contributed by atoms with Gasteiger partial charge in [-0.2, -0.15) is 0 Å². The molecule has 0 saturated carbocycles. The number of amides is 2. The summed E-state index contributed by atoms with van der Waals surface area (Å²) in [6.45, 7) is 1.49. The van der Waals surface area contributed by atoms with E-state index in [4.69, 9.17) is 10.5 Å². The van der Waals surface area contributed by atoms with Crippen LogP contribution in [0.25, 0.3) is 0 Å². The highest BCUT2D eigenvalue weighted by Crippen LogP contribution is 2.21. The van der Waals surface area contributed by atoms with Crippen molar-refractivity contribution in [1.82, 2.24) is 0 Å². The van der Waals surface area contributed by atoms with Crippen LogP contribution in [0.2, 0.25) is 0 Å². The van der Waals surface area contributed by atoms with E-state index in [9.17, 15) is 14.4 Å². The summed E-state index contributed by atoms with van der Waals surface area (Å²) in [4.78, 5) is 36.2. The van der Waals surface area contributed by atoms with Crippen molar-refractivity contribution in [2.45, 2.75) is 17.9 Å². The topological polar surface area (TPSA) is 98.5 Å². The highest BCUT2D eigenvalue weighted by molar-refractivity contribution is 7.98. The van der Waals surface area contributed by atoms with Crippen LogP contribution in [0.4, 0.5) is 5.69 Å². The van der Waals surface area contributed by atoms with Gasteiger partial charge in [0.25, 0.3) is 5.91 Å². The first-order chi connectivity index (χ1) is 11.9. The maximum atomic E-state index is 12.2. The summed E-state index contributed by atoms with van der Waals surface area (Å²) >= 11 is 1.43. The first-order valence-corrected chi connectivity index (χ1v) is 8.69. The lowest BCUT2D eigenvalue weighted by Gasteiger charge is -2.14. The molecule has 1 atom stereocenters. The fraction of sp³-hybridized carbons (Fsp3) is 0.167. The maximum absolute atomic E-state index is 12.2. The zero-order chi connectivity index (χ0) is 18.4. The molecule has 0 spiro atoms. The Morgan fingerprint density at radius 3 is 2.32 bits per heavy atom. The molecule has 3 N–H and O–H groups in total. The van der Waals surface area contributed by atoms with Gasteiger partial charge in [-0.05, 0) is 49.6 Å². The first-order valence-electron chi connectivity index (χ1n) is 7.47. The number of nitrogens with one attached hydrogen (secondary N) is 1. The molecule has 25 heavy (non-hydrogen) atoms. The number of anilines is 1. The molecule has 0 aromatic heterocycles. The SMILES string of the molecule is CSc1ccccc1C(=O)O[C@H](C)C(=O)Nc1ccc(C(N)=O)cc1. The van der Waals surface area contributed by atoms with Crippen molar-refractivity contribution in [3.8, 4) is 0 Å². The highest BCUT2D eigenvalue weighted by Gasteiger charge is 2.20. The van der Waals surface area contributed by atoms with Gasteiger partial charge >= 0.3 is 5.97 Å². The van der Waals surface area contributed by atoms with Crippen molar-refractivity contribution in [2.24, 2.45) is 5.73 Å². The molecular weight excluding hydrogens is 340 g/mol. The van der Waals surface area contributed by atoms with Crippen molar-refractivity contribution in [3.05, 3.63) is 59.7 Å². The van der Waals surface area contributed by atoms with E-state index >= 15 is 0 Å². The smallest absolute Gasteiger partial charge is 0.340 e. The van der Waals surface area contributed by atoms with E-state index in [1.54, 1.807) is 24.3 Å². The Bertz CT molecular complexity index is 790. The normalized spacial score (nSPS) is 11.4. The Kier molecular flexibility index (Phi) is 6.19. The van der Waals surface area contributed by atoms with Crippen LogP contribution >= 0.6 is 11.8 Å². The molecule has 2 amide bonds. The maximum Gasteiger partial charge on any atom is 0.340 e.